The van der Waals surface area contributed by atoms with Crippen molar-refractivity contribution in [3.63, 3.8) is 0 Å². The van der Waals surface area contributed by atoms with Crippen molar-refractivity contribution < 1.29 is 41.5 Å². The van der Waals surface area contributed by atoms with Crippen LogP contribution in [0.2, 0.25) is 5.02 Å². The number of aromatic hydroxyl groups is 1. The fourth-order valence-corrected chi connectivity index (χ4v) is 11.3. The van der Waals surface area contributed by atoms with Gasteiger partial charge in [0, 0.05) is 67.7 Å². The fourth-order valence-electron chi connectivity index (χ4n) is 9.69. The van der Waals surface area contributed by atoms with Crippen molar-refractivity contribution in [3.8, 4) is 22.7 Å². The van der Waals surface area contributed by atoms with Gasteiger partial charge in [0.15, 0.2) is 11.5 Å². The maximum absolute atomic E-state index is 16.3. The Morgan fingerprint density at radius 1 is 0.959 bits per heavy atom. The van der Waals surface area contributed by atoms with E-state index < -0.39 is 91.6 Å². The topological polar surface area (TPSA) is 220 Å². The van der Waals surface area contributed by atoms with Crippen molar-refractivity contribution in [1.29, 1.82) is 0 Å². The molecule has 74 heavy (non-hydrogen) atoms. The van der Waals surface area contributed by atoms with Crippen LogP contribution in [-0.2, 0) is 32.7 Å². The summed E-state index contributed by atoms with van der Waals surface area (Å²) in [5, 5.41) is 16.7. The molecule has 22 heteroatoms. The van der Waals surface area contributed by atoms with E-state index in [1.165, 1.54) is 21.6 Å². The van der Waals surface area contributed by atoms with Crippen LogP contribution < -0.4 is 21.2 Å². The number of phenols is 1. The van der Waals surface area contributed by atoms with Crippen LogP contribution in [0.25, 0.3) is 28.0 Å². The van der Waals surface area contributed by atoms with Gasteiger partial charge in [-0.05, 0) is 97.8 Å². The Morgan fingerprint density at radius 2 is 1.73 bits per heavy atom. The molecule has 6 heterocycles. The summed E-state index contributed by atoms with van der Waals surface area (Å²) in [7, 11) is -4.42. The number of rotatable bonds is 12. The normalized spacial score (nSPS) is 17.4. The van der Waals surface area contributed by atoms with E-state index in [2.05, 4.69) is 32.2 Å². The van der Waals surface area contributed by atoms with Crippen LogP contribution in [0.3, 0.4) is 0 Å². The molecule has 2 saturated heterocycles. The first-order chi connectivity index (χ1) is 35.1. The molecular weight excluding hydrogens is 998 g/mol. The molecular formula is C52H51ClF2N10O8S. The molecule has 6 aromatic rings. The first kappa shape index (κ1) is 51.3. The lowest BCUT2D eigenvalue weighted by Crippen LogP contribution is -2.57. The van der Waals surface area contributed by atoms with E-state index in [0.717, 1.165) is 26.9 Å². The Bertz CT molecular complexity index is 3520. The van der Waals surface area contributed by atoms with E-state index in [9.17, 15) is 37.5 Å². The number of imide groups is 1. The zero-order valence-corrected chi connectivity index (χ0v) is 42.5. The van der Waals surface area contributed by atoms with E-state index in [-0.39, 0.29) is 68.3 Å². The molecule has 0 spiro atoms. The number of hydrogen-bond donors (Lipinski definition) is 3. The molecule has 5 amide bonds. The lowest BCUT2D eigenvalue weighted by molar-refractivity contribution is -0.151. The number of piperazine rings is 1. The number of urea groups is 1. The van der Waals surface area contributed by atoms with Gasteiger partial charge < -0.3 is 25.5 Å². The van der Waals surface area contributed by atoms with Crippen molar-refractivity contribution in [2.45, 2.75) is 78.6 Å². The third kappa shape index (κ3) is 9.46. The standard InChI is InChI=1S/C52H51ClF2N10O8S/c1-27(2)44-46(29(4)16-17-56-44)65-48-36(22-39(55)45(59-48)43-38(54)8-7-9-41(43)66)47(60-52(65)71)62-19-18-61(24-30(62)5)74(72,73)31(6)25-64-42(67)15-14-40(50(64)69)63-26-33-20-32(11-13-35(33)49(63)68)23-57-51(70)58-34-12-10-28(3)37(53)21-34/h7-13,16-17,20-22,27,30,40,66H,6,14-15,18-19,23-26H2,1-5H3,(H2,57,58,70)/t30-,40?/m0/s1. The van der Waals surface area contributed by atoms with Gasteiger partial charge in [0.2, 0.25) is 15.9 Å². The van der Waals surface area contributed by atoms with Crippen molar-refractivity contribution in [3.05, 3.63) is 145 Å². The number of aromatic nitrogens is 4. The SMILES string of the molecule is C=C(CN1C(=O)CCC(N2Cc3cc(CNC(=O)Nc4ccc(C)c(Cl)c4)ccc3C2=O)C1=O)S(=O)(=O)N1CCN(c2nc(=O)n(-c3c(C)ccnc3C(C)C)c3nc(-c4c(O)cccc4F)c(F)cc23)[C@@H](C)C1. The number of nitrogens with one attached hydrogen (secondary N) is 2. The average molecular weight is 1050 g/mol. The second kappa shape index (κ2) is 20.0. The predicted molar refractivity (Wildman–Crippen MR) is 273 cm³/mol. The Morgan fingerprint density at radius 3 is 2.45 bits per heavy atom. The second-order valence-electron chi connectivity index (χ2n) is 18.9. The highest BCUT2D eigenvalue weighted by molar-refractivity contribution is 7.93. The van der Waals surface area contributed by atoms with E-state index in [1.54, 1.807) is 67.4 Å². The molecule has 3 N–H and O–H groups in total. The molecule has 3 aromatic heterocycles. The van der Waals surface area contributed by atoms with Crippen LogP contribution in [0, 0.1) is 25.5 Å². The number of nitrogens with zero attached hydrogens (tertiary/aromatic N) is 8. The Labute approximate surface area is 429 Å². The number of amides is 5. The molecule has 384 valence electrons. The number of sulfonamides is 1. The molecule has 1 unspecified atom stereocenters. The highest BCUT2D eigenvalue weighted by Crippen LogP contribution is 2.38. The number of hydrogen-bond acceptors (Lipinski definition) is 12. The maximum Gasteiger partial charge on any atom is 0.355 e. The first-order valence-electron chi connectivity index (χ1n) is 23.7. The summed E-state index contributed by atoms with van der Waals surface area (Å²) in [4.78, 5) is 85.1. The number of benzene rings is 3. The molecule has 9 rings (SSSR count). The van der Waals surface area contributed by atoms with Crippen molar-refractivity contribution >= 4 is 67.9 Å². The van der Waals surface area contributed by atoms with Crippen LogP contribution >= 0.6 is 11.6 Å². The number of anilines is 2. The molecule has 0 radical (unpaired) electrons. The molecule has 18 nitrogen and oxygen atoms in total. The summed E-state index contributed by atoms with van der Waals surface area (Å²) in [6, 6.07) is 14.1. The number of phenolic OH excluding ortho intramolecular Hbond substituents is 1. The highest BCUT2D eigenvalue weighted by Gasteiger charge is 2.44. The summed E-state index contributed by atoms with van der Waals surface area (Å²) < 4.78 is 62.5. The van der Waals surface area contributed by atoms with Gasteiger partial charge in [0.1, 0.15) is 29.1 Å². The van der Waals surface area contributed by atoms with Crippen LogP contribution in [0.1, 0.15) is 77.8 Å². The second-order valence-corrected chi connectivity index (χ2v) is 21.4. The molecule has 3 aliphatic rings. The number of halogens is 3. The van der Waals surface area contributed by atoms with Gasteiger partial charge in [-0.15, -0.1) is 0 Å². The Hall–Kier alpha value is -7.62. The largest absolute Gasteiger partial charge is 0.507 e. The monoisotopic (exact) mass is 1050 g/mol. The zero-order chi connectivity index (χ0) is 53.1. The fraction of sp³-hybridized carbons (Fsp3) is 0.308. The third-order valence-electron chi connectivity index (χ3n) is 13.6. The molecule has 3 aliphatic heterocycles. The van der Waals surface area contributed by atoms with Crippen molar-refractivity contribution in [2.75, 3.05) is 36.4 Å². The van der Waals surface area contributed by atoms with E-state index in [4.69, 9.17) is 11.6 Å². The van der Waals surface area contributed by atoms with Crippen LogP contribution in [0.4, 0.5) is 25.1 Å². The zero-order valence-electron chi connectivity index (χ0n) is 40.9. The Balaban J connectivity index is 0.912. The number of carbonyl (C=O) groups is 4. The maximum atomic E-state index is 16.3. The third-order valence-corrected chi connectivity index (χ3v) is 15.9. The number of pyridine rings is 2. The molecule has 0 bridgehead atoms. The average Bonchev–Trinajstić information content (AvgIpc) is 3.67. The lowest BCUT2D eigenvalue weighted by Gasteiger charge is -2.41. The van der Waals surface area contributed by atoms with Crippen LogP contribution in [-0.4, -0.2) is 109 Å². The lowest BCUT2D eigenvalue weighted by atomic mass is 10.0. The van der Waals surface area contributed by atoms with Gasteiger partial charge in [0.05, 0.1) is 33.8 Å². The van der Waals surface area contributed by atoms with Crippen molar-refractivity contribution in [1.82, 2.24) is 38.9 Å². The Kier molecular flexibility index (Phi) is 13.9. The molecule has 3 aromatic carbocycles. The quantitative estimate of drug-likeness (QED) is 0.105. The highest BCUT2D eigenvalue weighted by atomic mass is 35.5. The molecule has 2 atom stereocenters. The van der Waals surface area contributed by atoms with Gasteiger partial charge in [-0.25, -0.2) is 36.3 Å². The number of fused-ring (bicyclic) bond motifs is 2. The summed E-state index contributed by atoms with van der Waals surface area (Å²) in [5.41, 5.74) is 2.45. The number of aryl methyl sites for hydroxylation is 2. The van der Waals surface area contributed by atoms with E-state index >= 15 is 8.78 Å². The van der Waals surface area contributed by atoms with Gasteiger partial charge in [-0.3, -0.25) is 24.3 Å². The number of likely N-dealkylation sites (tertiary alicyclic amines) is 1. The smallest absolute Gasteiger partial charge is 0.355 e. The van der Waals surface area contributed by atoms with Gasteiger partial charge in [0.25, 0.3) is 11.8 Å². The number of piperidine rings is 1. The van der Waals surface area contributed by atoms with Crippen molar-refractivity contribution in [2.24, 2.45) is 0 Å². The molecule has 0 saturated carbocycles. The minimum absolute atomic E-state index is 0.0184. The first-order valence-corrected chi connectivity index (χ1v) is 25.6. The van der Waals surface area contributed by atoms with E-state index in [0.29, 0.717) is 44.3 Å². The summed E-state index contributed by atoms with van der Waals surface area (Å²) in [6.45, 7) is 11.9. The summed E-state index contributed by atoms with van der Waals surface area (Å²) >= 11 is 6.18. The molecule has 2 fully saturated rings. The van der Waals surface area contributed by atoms with Gasteiger partial charge in [-0.1, -0.05) is 56.3 Å². The van der Waals surface area contributed by atoms with Gasteiger partial charge >= 0.3 is 11.7 Å². The van der Waals surface area contributed by atoms with Crippen LogP contribution in [0.5, 0.6) is 5.75 Å². The minimum atomic E-state index is -4.42. The minimum Gasteiger partial charge on any atom is -0.507 e. The summed E-state index contributed by atoms with van der Waals surface area (Å²) in [5.74, 6) is -4.62. The number of carbonyl (C=O) groups excluding carboxylic acids is 4. The summed E-state index contributed by atoms with van der Waals surface area (Å²) in [6.07, 6.45) is 1.46. The van der Waals surface area contributed by atoms with E-state index in [1.807, 2.05) is 20.8 Å². The molecule has 0 aliphatic carbocycles. The van der Waals surface area contributed by atoms with Gasteiger partial charge in [-0.2, -0.15) is 9.29 Å². The van der Waals surface area contributed by atoms with Crippen LogP contribution in [0.15, 0.2) is 89.2 Å². The predicted octanol–water partition coefficient (Wildman–Crippen LogP) is 7.07.